The highest BCUT2D eigenvalue weighted by molar-refractivity contribution is 5.77. The van der Waals surface area contributed by atoms with Crippen LogP contribution in [0.5, 0.6) is 0 Å². The second-order valence-corrected chi connectivity index (χ2v) is 5.36. The van der Waals surface area contributed by atoms with E-state index in [1.54, 1.807) is 4.68 Å². The number of carbonyl (C=O) groups is 1. The van der Waals surface area contributed by atoms with E-state index in [4.69, 9.17) is 0 Å². The second-order valence-electron chi connectivity index (χ2n) is 5.36. The lowest BCUT2D eigenvalue weighted by atomic mass is 9.84. The molecule has 0 bridgehead atoms. The van der Waals surface area contributed by atoms with Crippen molar-refractivity contribution in [2.45, 2.75) is 31.8 Å². The summed E-state index contributed by atoms with van der Waals surface area (Å²) in [5.41, 5.74) is 0.991. The molecule has 2 aliphatic heterocycles. The van der Waals surface area contributed by atoms with E-state index < -0.39 is 0 Å². The van der Waals surface area contributed by atoms with Crippen molar-refractivity contribution in [3.63, 3.8) is 0 Å². The first-order valence-electron chi connectivity index (χ1n) is 6.73. The topological polar surface area (TPSA) is 50.2 Å². The summed E-state index contributed by atoms with van der Waals surface area (Å²) in [6.07, 6.45) is 4.73. The van der Waals surface area contributed by atoms with Gasteiger partial charge in [-0.3, -0.25) is 9.48 Å². The minimum absolute atomic E-state index is 0.295. The number of nitrogens with zero attached hydrogens (tertiary/aromatic N) is 3. The monoisotopic (exact) mass is 248 g/mol. The highest BCUT2D eigenvalue weighted by atomic mass is 16.2. The van der Waals surface area contributed by atoms with Crippen LogP contribution in [-0.2, 0) is 18.4 Å². The Kier molecular flexibility index (Phi) is 3.07. The van der Waals surface area contributed by atoms with E-state index in [0.29, 0.717) is 30.8 Å². The Morgan fingerprint density at radius 1 is 1.50 bits per heavy atom. The van der Waals surface area contributed by atoms with Crippen molar-refractivity contribution in [1.82, 2.24) is 20.0 Å². The number of amides is 1. The van der Waals surface area contributed by atoms with Crippen molar-refractivity contribution < 1.29 is 4.79 Å². The summed E-state index contributed by atoms with van der Waals surface area (Å²) in [7, 11) is 1.91. The molecule has 3 rings (SSSR count). The highest BCUT2D eigenvalue weighted by Crippen LogP contribution is 2.29. The quantitative estimate of drug-likeness (QED) is 0.830. The molecule has 0 aliphatic carbocycles. The molecule has 2 fully saturated rings. The summed E-state index contributed by atoms with van der Waals surface area (Å²) in [4.78, 5) is 14.2. The largest absolute Gasteiger partial charge is 0.333 e. The van der Waals surface area contributed by atoms with Crippen molar-refractivity contribution in [3.05, 3.63) is 18.0 Å². The van der Waals surface area contributed by atoms with Gasteiger partial charge < -0.3 is 10.2 Å². The van der Waals surface area contributed by atoms with E-state index in [9.17, 15) is 4.79 Å². The van der Waals surface area contributed by atoms with Crippen LogP contribution in [0, 0.1) is 5.92 Å². The first kappa shape index (κ1) is 11.7. The van der Waals surface area contributed by atoms with Crippen LogP contribution >= 0.6 is 0 Å². The van der Waals surface area contributed by atoms with Crippen LogP contribution in [0.3, 0.4) is 0 Å². The van der Waals surface area contributed by atoms with E-state index in [0.717, 1.165) is 31.6 Å². The van der Waals surface area contributed by atoms with Gasteiger partial charge in [0.25, 0.3) is 0 Å². The van der Waals surface area contributed by atoms with Crippen molar-refractivity contribution in [3.8, 4) is 0 Å². The van der Waals surface area contributed by atoms with E-state index in [-0.39, 0.29) is 0 Å². The van der Waals surface area contributed by atoms with E-state index >= 15 is 0 Å². The van der Waals surface area contributed by atoms with Crippen LogP contribution in [0.15, 0.2) is 12.3 Å². The average molecular weight is 248 g/mol. The molecular formula is C13H20N4O. The number of carbonyl (C=O) groups excluding carboxylic acids is 1. The minimum atomic E-state index is 0.295. The number of aryl methyl sites for hydroxylation is 1. The van der Waals surface area contributed by atoms with Gasteiger partial charge in [0.2, 0.25) is 5.91 Å². The number of piperidine rings is 2. The Balaban J connectivity index is 1.76. The van der Waals surface area contributed by atoms with Crippen molar-refractivity contribution >= 4 is 5.91 Å². The number of hydrogen-bond acceptors (Lipinski definition) is 3. The Morgan fingerprint density at radius 3 is 3.17 bits per heavy atom. The Hall–Kier alpha value is -1.36. The standard InChI is InChI=1S/C13H20N4O/c1-16-7-5-11(15-16)9-17-12-4-6-14-8-10(12)2-3-13(17)18/h5,7,10,12,14H,2-4,6,8-9H2,1H3. The fourth-order valence-corrected chi connectivity index (χ4v) is 3.18. The summed E-state index contributed by atoms with van der Waals surface area (Å²) < 4.78 is 1.80. The van der Waals surface area contributed by atoms with Gasteiger partial charge in [-0.1, -0.05) is 0 Å². The van der Waals surface area contributed by atoms with Crippen LogP contribution in [0.1, 0.15) is 25.0 Å². The fraction of sp³-hybridized carbons (Fsp3) is 0.692. The average Bonchev–Trinajstić information content (AvgIpc) is 2.79. The van der Waals surface area contributed by atoms with Crippen LogP contribution in [0.25, 0.3) is 0 Å². The molecule has 0 spiro atoms. The van der Waals surface area contributed by atoms with Gasteiger partial charge in [-0.15, -0.1) is 0 Å². The van der Waals surface area contributed by atoms with Gasteiger partial charge in [0.15, 0.2) is 0 Å². The molecule has 2 atom stereocenters. The molecule has 0 aromatic carbocycles. The zero-order valence-electron chi connectivity index (χ0n) is 10.8. The maximum atomic E-state index is 12.1. The van der Waals surface area contributed by atoms with Gasteiger partial charge in [-0.2, -0.15) is 5.10 Å². The van der Waals surface area contributed by atoms with Crippen LogP contribution in [0.4, 0.5) is 0 Å². The van der Waals surface area contributed by atoms with Crippen LogP contribution < -0.4 is 5.32 Å². The molecule has 1 N–H and O–H groups in total. The third-order valence-corrected chi connectivity index (χ3v) is 4.12. The van der Waals surface area contributed by atoms with Crippen molar-refractivity contribution in [2.24, 2.45) is 13.0 Å². The molecule has 2 aliphatic rings. The summed E-state index contributed by atoms with van der Waals surface area (Å²) in [6, 6.07) is 2.41. The summed E-state index contributed by atoms with van der Waals surface area (Å²) in [5.74, 6) is 0.920. The van der Waals surface area contributed by atoms with Crippen molar-refractivity contribution in [1.29, 1.82) is 0 Å². The van der Waals surface area contributed by atoms with E-state index in [2.05, 4.69) is 15.3 Å². The number of rotatable bonds is 2. The van der Waals surface area contributed by atoms with Gasteiger partial charge in [-0.05, 0) is 37.9 Å². The van der Waals surface area contributed by atoms with Gasteiger partial charge in [0, 0.05) is 25.7 Å². The molecule has 5 heteroatoms. The predicted octanol–water partition coefficient (Wildman–Crippen LogP) is 0.521. The molecular weight excluding hydrogens is 228 g/mol. The fourth-order valence-electron chi connectivity index (χ4n) is 3.18. The maximum Gasteiger partial charge on any atom is 0.223 e. The Labute approximate surface area is 107 Å². The lowest BCUT2D eigenvalue weighted by molar-refractivity contribution is -0.140. The highest BCUT2D eigenvalue weighted by Gasteiger charge is 2.37. The molecule has 1 aromatic heterocycles. The molecule has 5 nitrogen and oxygen atoms in total. The molecule has 1 aromatic rings. The van der Waals surface area contributed by atoms with Crippen molar-refractivity contribution in [2.75, 3.05) is 13.1 Å². The van der Waals surface area contributed by atoms with E-state index in [1.807, 2.05) is 19.3 Å². The summed E-state index contributed by atoms with van der Waals surface area (Å²) >= 11 is 0. The predicted molar refractivity (Wildman–Crippen MR) is 67.8 cm³/mol. The second kappa shape index (κ2) is 4.72. The smallest absolute Gasteiger partial charge is 0.223 e. The maximum absolute atomic E-state index is 12.1. The van der Waals surface area contributed by atoms with Crippen LogP contribution in [0.2, 0.25) is 0 Å². The number of fused-ring (bicyclic) bond motifs is 1. The van der Waals surface area contributed by atoms with Gasteiger partial charge in [-0.25, -0.2) is 0 Å². The molecule has 0 saturated carbocycles. The molecule has 1 amide bonds. The third-order valence-electron chi connectivity index (χ3n) is 4.12. The number of aromatic nitrogens is 2. The first-order chi connectivity index (χ1) is 8.74. The molecule has 0 radical (unpaired) electrons. The minimum Gasteiger partial charge on any atom is -0.333 e. The zero-order chi connectivity index (χ0) is 12.5. The molecule has 98 valence electrons. The number of nitrogens with one attached hydrogen (secondary N) is 1. The number of likely N-dealkylation sites (tertiary alicyclic amines) is 1. The van der Waals surface area contributed by atoms with E-state index in [1.165, 1.54) is 0 Å². The first-order valence-corrected chi connectivity index (χ1v) is 6.73. The molecule has 18 heavy (non-hydrogen) atoms. The summed E-state index contributed by atoms with van der Waals surface area (Å²) in [5, 5.41) is 7.81. The van der Waals surface area contributed by atoms with Gasteiger partial charge in [0.05, 0.1) is 12.2 Å². The lowest BCUT2D eigenvalue weighted by Gasteiger charge is -2.43. The number of hydrogen-bond donors (Lipinski definition) is 1. The van der Waals surface area contributed by atoms with Gasteiger partial charge >= 0.3 is 0 Å². The molecule has 3 heterocycles. The van der Waals surface area contributed by atoms with Crippen LogP contribution in [-0.4, -0.2) is 39.7 Å². The molecule has 2 unspecified atom stereocenters. The Bertz CT molecular complexity index is 442. The third kappa shape index (κ3) is 2.14. The molecule has 2 saturated heterocycles. The van der Waals surface area contributed by atoms with Gasteiger partial charge in [0.1, 0.15) is 0 Å². The lowest BCUT2D eigenvalue weighted by Crippen LogP contribution is -2.54. The summed E-state index contributed by atoms with van der Waals surface area (Å²) in [6.45, 7) is 2.74. The normalized spacial score (nSPS) is 28.3. The Morgan fingerprint density at radius 2 is 2.39 bits per heavy atom. The zero-order valence-corrected chi connectivity index (χ0v) is 10.8. The SMILES string of the molecule is Cn1ccc(CN2C(=O)CCC3CNCCC32)n1.